The lowest BCUT2D eigenvalue weighted by molar-refractivity contribution is 0.0819. The van der Waals surface area contributed by atoms with Gasteiger partial charge in [-0.15, -0.1) is 6.58 Å². The number of rotatable bonds is 7. The fraction of sp³-hybridized carbons (Fsp3) is 0.455. The monoisotopic (exact) mass is 366 g/mol. The molecule has 0 saturated carbocycles. The van der Waals surface area contributed by atoms with Crippen LogP contribution < -0.4 is 0 Å². The summed E-state index contributed by atoms with van der Waals surface area (Å²) in [6.45, 7) is 5.49. The van der Waals surface area contributed by atoms with Crippen LogP contribution in [0.3, 0.4) is 0 Å². The summed E-state index contributed by atoms with van der Waals surface area (Å²) in [7, 11) is 5.77. The maximum absolute atomic E-state index is 12.6. The van der Waals surface area contributed by atoms with Crippen LogP contribution in [0, 0.1) is 0 Å². The number of aromatic nitrogens is 2. The van der Waals surface area contributed by atoms with Crippen molar-refractivity contribution in [3.05, 3.63) is 65.5 Å². The van der Waals surface area contributed by atoms with E-state index in [1.165, 1.54) is 11.3 Å². The van der Waals surface area contributed by atoms with E-state index in [0.29, 0.717) is 18.3 Å². The third-order valence-corrected chi connectivity index (χ3v) is 5.45. The Labute approximate surface area is 162 Å². The maximum atomic E-state index is 12.6. The summed E-state index contributed by atoms with van der Waals surface area (Å²) in [5, 5.41) is 4.63. The minimum Gasteiger partial charge on any atom is -0.343 e. The smallest absolute Gasteiger partial charge is 0.274 e. The average Bonchev–Trinajstić information content (AvgIpc) is 3.04. The first-order valence-corrected chi connectivity index (χ1v) is 9.66. The van der Waals surface area contributed by atoms with E-state index in [4.69, 9.17) is 0 Å². The van der Waals surface area contributed by atoms with E-state index in [1.807, 2.05) is 10.8 Å². The van der Waals surface area contributed by atoms with E-state index in [2.05, 4.69) is 54.0 Å². The maximum Gasteiger partial charge on any atom is 0.274 e. The van der Waals surface area contributed by atoms with Gasteiger partial charge in [0.1, 0.15) is 0 Å². The SMILES string of the molecule is C=CCn1nc(C(=O)N(C)C)c2c1CCC(N(C)CCc1ccccc1)C2. The fourth-order valence-electron chi connectivity index (χ4n) is 3.84. The summed E-state index contributed by atoms with van der Waals surface area (Å²) in [4.78, 5) is 16.7. The van der Waals surface area contributed by atoms with Gasteiger partial charge in [0.2, 0.25) is 0 Å². The van der Waals surface area contributed by atoms with Crippen molar-refractivity contribution in [2.75, 3.05) is 27.7 Å². The Hall–Kier alpha value is -2.40. The number of benzene rings is 1. The van der Waals surface area contributed by atoms with Crippen molar-refractivity contribution in [2.45, 2.75) is 38.3 Å². The summed E-state index contributed by atoms with van der Waals surface area (Å²) in [6, 6.07) is 11.0. The van der Waals surface area contributed by atoms with Crippen LogP contribution in [-0.4, -0.2) is 59.2 Å². The van der Waals surface area contributed by atoms with Gasteiger partial charge in [-0.1, -0.05) is 36.4 Å². The molecule has 5 heteroatoms. The predicted molar refractivity (Wildman–Crippen MR) is 109 cm³/mol. The molecule has 5 nitrogen and oxygen atoms in total. The number of allylic oxidation sites excluding steroid dienone is 1. The van der Waals surface area contributed by atoms with Crippen molar-refractivity contribution in [2.24, 2.45) is 0 Å². The van der Waals surface area contributed by atoms with Crippen molar-refractivity contribution in [1.29, 1.82) is 0 Å². The molecule has 1 heterocycles. The van der Waals surface area contributed by atoms with Gasteiger partial charge in [0.05, 0.1) is 6.54 Å². The van der Waals surface area contributed by atoms with Crippen molar-refractivity contribution in [3.8, 4) is 0 Å². The molecule has 1 amide bonds. The summed E-state index contributed by atoms with van der Waals surface area (Å²) < 4.78 is 1.96. The highest BCUT2D eigenvalue weighted by molar-refractivity contribution is 5.93. The van der Waals surface area contributed by atoms with Gasteiger partial charge in [0.15, 0.2) is 5.69 Å². The Morgan fingerprint density at radius 3 is 2.70 bits per heavy atom. The lowest BCUT2D eigenvalue weighted by Crippen LogP contribution is -2.38. The number of fused-ring (bicyclic) bond motifs is 1. The largest absolute Gasteiger partial charge is 0.343 e. The highest BCUT2D eigenvalue weighted by atomic mass is 16.2. The van der Waals surface area contributed by atoms with Gasteiger partial charge in [-0.3, -0.25) is 9.48 Å². The van der Waals surface area contributed by atoms with Crippen molar-refractivity contribution >= 4 is 5.91 Å². The van der Waals surface area contributed by atoms with Crippen LogP contribution in [0.15, 0.2) is 43.0 Å². The minimum absolute atomic E-state index is 0.0124. The van der Waals surface area contributed by atoms with Gasteiger partial charge in [-0.2, -0.15) is 5.10 Å². The fourth-order valence-corrected chi connectivity index (χ4v) is 3.84. The zero-order valence-corrected chi connectivity index (χ0v) is 16.7. The number of likely N-dealkylation sites (N-methyl/N-ethyl adjacent to an activating group) is 1. The van der Waals surface area contributed by atoms with Gasteiger partial charge >= 0.3 is 0 Å². The Kier molecular flexibility index (Phi) is 6.11. The van der Waals surface area contributed by atoms with Crippen molar-refractivity contribution in [1.82, 2.24) is 19.6 Å². The molecule has 0 aliphatic heterocycles. The summed E-state index contributed by atoms with van der Waals surface area (Å²) in [5.41, 5.74) is 4.30. The Balaban J connectivity index is 1.75. The second-order valence-electron chi connectivity index (χ2n) is 7.56. The molecule has 1 aliphatic rings. The van der Waals surface area contributed by atoms with Crippen LogP contribution in [0.2, 0.25) is 0 Å². The first kappa shape index (κ1) is 19.4. The van der Waals surface area contributed by atoms with Crippen LogP contribution >= 0.6 is 0 Å². The molecule has 144 valence electrons. The number of hydrogen-bond acceptors (Lipinski definition) is 3. The quantitative estimate of drug-likeness (QED) is 0.708. The molecule has 0 spiro atoms. The molecule has 1 atom stereocenters. The number of nitrogens with zero attached hydrogens (tertiary/aromatic N) is 4. The van der Waals surface area contributed by atoms with E-state index in [1.54, 1.807) is 19.0 Å². The Morgan fingerprint density at radius 2 is 2.04 bits per heavy atom. The van der Waals surface area contributed by atoms with Gasteiger partial charge in [-0.25, -0.2) is 0 Å². The van der Waals surface area contributed by atoms with E-state index < -0.39 is 0 Å². The third-order valence-electron chi connectivity index (χ3n) is 5.45. The van der Waals surface area contributed by atoms with Crippen LogP contribution in [-0.2, 0) is 25.8 Å². The molecule has 0 fully saturated rings. The zero-order chi connectivity index (χ0) is 19.4. The lowest BCUT2D eigenvalue weighted by Gasteiger charge is -2.32. The van der Waals surface area contributed by atoms with E-state index in [0.717, 1.165) is 37.8 Å². The third kappa shape index (κ3) is 4.30. The van der Waals surface area contributed by atoms with E-state index in [9.17, 15) is 4.79 Å². The molecule has 27 heavy (non-hydrogen) atoms. The summed E-state index contributed by atoms with van der Waals surface area (Å²) in [5.74, 6) is -0.0124. The van der Waals surface area contributed by atoms with Crippen molar-refractivity contribution in [3.63, 3.8) is 0 Å². The molecule has 1 aromatic heterocycles. The van der Waals surface area contributed by atoms with Gasteiger partial charge < -0.3 is 9.80 Å². The van der Waals surface area contributed by atoms with Crippen LogP contribution in [0.4, 0.5) is 0 Å². The predicted octanol–water partition coefficient (Wildman–Crippen LogP) is 2.80. The molecule has 0 radical (unpaired) electrons. The normalized spacial score (nSPS) is 16.2. The number of carbonyl (C=O) groups excluding carboxylic acids is 1. The first-order chi connectivity index (χ1) is 13.0. The number of carbonyl (C=O) groups is 1. The second kappa shape index (κ2) is 8.53. The van der Waals surface area contributed by atoms with E-state index in [-0.39, 0.29) is 5.91 Å². The number of amides is 1. The van der Waals surface area contributed by atoms with Crippen molar-refractivity contribution < 1.29 is 4.79 Å². The molecule has 0 bridgehead atoms. The van der Waals surface area contributed by atoms with Crippen LogP contribution in [0.1, 0.15) is 33.7 Å². The molecule has 0 N–H and O–H groups in total. The number of hydrogen-bond donors (Lipinski definition) is 0. The Bertz CT molecular complexity index is 794. The molecule has 0 saturated heterocycles. The standard InChI is InChI=1S/C22H30N4O/c1-5-14-26-20-12-11-18(16-19(20)21(23-26)22(27)24(2)3)25(4)15-13-17-9-7-6-8-10-17/h5-10,18H,1,11-16H2,2-4H3. The lowest BCUT2D eigenvalue weighted by atomic mass is 9.90. The van der Waals surface area contributed by atoms with Crippen LogP contribution in [0.25, 0.3) is 0 Å². The van der Waals surface area contributed by atoms with Gasteiger partial charge in [-0.05, 0) is 38.3 Å². The topological polar surface area (TPSA) is 41.4 Å². The molecule has 1 aromatic carbocycles. The molecule has 2 aromatic rings. The summed E-state index contributed by atoms with van der Waals surface area (Å²) in [6.07, 6.45) is 5.82. The second-order valence-corrected chi connectivity index (χ2v) is 7.56. The molecular weight excluding hydrogens is 336 g/mol. The summed E-state index contributed by atoms with van der Waals surface area (Å²) >= 11 is 0. The van der Waals surface area contributed by atoms with Gasteiger partial charge in [0.25, 0.3) is 5.91 Å². The van der Waals surface area contributed by atoms with Crippen LogP contribution in [0.5, 0.6) is 0 Å². The first-order valence-electron chi connectivity index (χ1n) is 9.66. The molecule has 1 unspecified atom stereocenters. The minimum atomic E-state index is -0.0124. The van der Waals surface area contributed by atoms with Gasteiger partial charge in [0, 0.05) is 37.9 Å². The highest BCUT2D eigenvalue weighted by Gasteiger charge is 2.31. The molecular formula is C22H30N4O. The Morgan fingerprint density at radius 1 is 1.30 bits per heavy atom. The average molecular weight is 367 g/mol. The zero-order valence-electron chi connectivity index (χ0n) is 16.7. The molecule has 3 rings (SSSR count). The van der Waals surface area contributed by atoms with E-state index >= 15 is 0 Å². The molecule has 1 aliphatic carbocycles. The highest BCUT2D eigenvalue weighted by Crippen LogP contribution is 2.28.